The third-order valence-electron chi connectivity index (χ3n) is 5.52. The van der Waals surface area contributed by atoms with Crippen LogP contribution in [0, 0.1) is 0 Å². The number of H-pyrrole nitrogens is 1. The van der Waals surface area contributed by atoms with Gasteiger partial charge < -0.3 is 20.8 Å². The predicted molar refractivity (Wildman–Crippen MR) is 130 cm³/mol. The Labute approximate surface area is 203 Å². The highest BCUT2D eigenvalue weighted by Crippen LogP contribution is 2.32. The van der Waals surface area contributed by atoms with E-state index in [9.17, 15) is 18.0 Å². The number of nitrogens with two attached hydrogens (primary N) is 1. The molecule has 0 bridgehead atoms. The molecule has 11 heteroatoms. The Balaban J connectivity index is 1.70. The summed E-state index contributed by atoms with van der Waals surface area (Å²) in [5.41, 5.74) is 8.80. The highest BCUT2D eigenvalue weighted by atomic mass is 19.4. The molecule has 4 aromatic rings. The molecule has 0 saturated carbocycles. The van der Waals surface area contributed by atoms with Crippen LogP contribution in [0.3, 0.4) is 0 Å². The zero-order chi connectivity index (χ0) is 25.9. The lowest BCUT2D eigenvalue weighted by Gasteiger charge is -2.19. The fourth-order valence-electron chi connectivity index (χ4n) is 3.93. The largest absolute Gasteiger partial charge is 0.573 e. The molecular weight excluding hydrogens is 473 g/mol. The molecule has 1 amide bonds. The predicted octanol–water partition coefficient (Wildman–Crippen LogP) is 4.31. The van der Waals surface area contributed by atoms with E-state index in [4.69, 9.17) is 5.73 Å². The van der Waals surface area contributed by atoms with Crippen molar-refractivity contribution in [2.24, 2.45) is 15.8 Å². The lowest BCUT2D eigenvalue weighted by atomic mass is 9.99. The Hall–Kier alpha value is -4.38. The third-order valence-corrected chi connectivity index (χ3v) is 5.52. The minimum absolute atomic E-state index is 0.0540. The first kappa shape index (κ1) is 24.7. The summed E-state index contributed by atoms with van der Waals surface area (Å²) in [7, 11) is 0. The Morgan fingerprint density at radius 3 is 2.72 bits per heavy atom. The standard InChI is InChI=1S/C25H23F3N6O2/c1-15(18-5-3-4-6-22(18)36-25(26,27)28)33-24(35)17-11-20(19-7-9-31-21(19)12-17)16-8-10-34(30-2)23(13-16)32-14-29/h3-13,15,31H,2,14,29H2,1H3,(H,33,35)/b32-23-. The molecule has 2 aromatic heterocycles. The van der Waals surface area contributed by atoms with Crippen molar-refractivity contribution in [2.75, 3.05) is 6.67 Å². The number of rotatable bonds is 7. The molecule has 0 saturated heterocycles. The summed E-state index contributed by atoms with van der Waals surface area (Å²) in [6.45, 7) is 5.16. The number of carbonyl (C=O) groups excluding carboxylic acids is 1. The Bertz CT molecular complexity index is 1490. The first-order chi connectivity index (χ1) is 17.2. The number of aromatic nitrogens is 2. The number of carbonyl (C=O) groups is 1. The quantitative estimate of drug-likeness (QED) is 0.332. The molecule has 2 heterocycles. The second kappa shape index (κ2) is 10.1. The molecule has 0 radical (unpaired) electrons. The number of para-hydroxylation sites is 1. The molecular formula is C25H23F3N6O2. The van der Waals surface area contributed by atoms with Gasteiger partial charge >= 0.3 is 6.36 Å². The molecule has 0 fully saturated rings. The molecule has 0 spiro atoms. The number of fused-ring (bicyclic) bond motifs is 1. The minimum atomic E-state index is -4.85. The van der Waals surface area contributed by atoms with Crippen molar-refractivity contribution in [3.63, 3.8) is 0 Å². The summed E-state index contributed by atoms with van der Waals surface area (Å²) in [5.74, 6) is -0.837. The average Bonchev–Trinajstić information content (AvgIpc) is 3.31. The Morgan fingerprint density at radius 1 is 1.22 bits per heavy atom. The first-order valence-corrected chi connectivity index (χ1v) is 10.9. The van der Waals surface area contributed by atoms with Crippen LogP contribution < -0.4 is 21.3 Å². The molecule has 2 aromatic carbocycles. The van der Waals surface area contributed by atoms with Gasteiger partial charge in [-0.05, 0) is 54.4 Å². The van der Waals surface area contributed by atoms with Crippen molar-refractivity contribution in [3.05, 3.63) is 83.6 Å². The van der Waals surface area contributed by atoms with E-state index in [1.54, 1.807) is 49.6 Å². The molecule has 4 N–H and O–H groups in total. The van der Waals surface area contributed by atoms with Crippen molar-refractivity contribution >= 4 is 23.5 Å². The van der Waals surface area contributed by atoms with Gasteiger partial charge in [0.15, 0.2) is 5.49 Å². The van der Waals surface area contributed by atoms with Crippen LogP contribution in [0.4, 0.5) is 13.2 Å². The molecule has 0 aliphatic rings. The Morgan fingerprint density at radius 2 is 2.00 bits per heavy atom. The summed E-state index contributed by atoms with van der Waals surface area (Å²) >= 11 is 0. The molecule has 1 unspecified atom stereocenters. The second-order valence-corrected chi connectivity index (χ2v) is 7.84. The van der Waals surface area contributed by atoms with E-state index in [0.29, 0.717) is 16.6 Å². The lowest BCUT2D eigenvalue weighted by molar-refractivity contribution is -0.275. The summed E-state index contributed by atoms with van der Waals surface area (Å²) < 4.78 is 44.1. The van der Waals surface area contributed by atoms with E-state index in [1.807, 2.05) is 6.07 Å². The number of alkyl halides is 3. The van der Waals surface area contributed by atoms with Crippen LogP contribution >= 0.6 is 0 Å². The van der Waals surface area contributed by atoms with E-state index in [-0.39, 0.29) is 18.0 Å². The molecule has 0 aliphatic heterocycles. The van der Waals surface area contributed by atoms with Gasteiger partial charge in [0.25, 0.3) is 5.91 Å². The second-order valence-electron chi connectivity index (χ2n) is 7.84. The molecule has 4 rings (SSSR count). The molecule has 186 valence electrons. The number of hydrogen-bond donors (Lipinski definition) is 3. The van der Waals surface area contributed by atoms with Gasteiger partial charge in [-0.1, -0.05) is 18.2 Å². The van der Waals surface area contributed by atoms with Gasteiger partial charge in [0.2, 0.25) is 0 Å². The van der Waals surface area contributed by atoms with Crippen molar-refractivity contribution < 1.29 is 22.7 Å². The topological polar surface area (TPSA) is 110 Å². The van der Waals surface area contributed by atoms with E-state index in [2.05, 4.69) is 31.8 Å². The van der Waals surface area contributed by atoms with E-state index in [1.165, 1.54) is 22.9 Å². The van der Waals surface area contributed by atoms with Gasteiger partial charge in [0.1, 0.15) is 5.75 Å². The van der Waals surface area contributed by atoms with Gasteiger partial charge in [0.05, 0.1) is 12.7 Å². The van der Waals surface area contributed by atoms with Crippen LogP contribution in [0.2, 0.25) is 0 Å². The van der Waals surface area contributed by atoms with Gasteiger partial charge in [0, 0.05) is 41.1 Å². The molecule has 0 aliphatic carbocycles. The van der Waals surface area contributed by atoms with Crippen LogP contribution in [0.1, 0.15) is 28.9 Å². The number of benzene rings is 2. The van der Waals surface area contributed by atoms with Crippen molar-refractivity contribution in [1.82, 2.24) is 15.0 Å². The molecule has 8 nitrogen and oxygen atoms in total. The van der Waals surface area contributed by atoms with Gasteiger partial charge in [-0.25, -0.2) is 4.68 Å². The zero-order valence-corrected chi connectivity index (χ0v) is 19.2. The highest BCUT2D eigenvalue weighted by Gasteiger charge is 2.32. The maximum Gasteiger partial charge on any atom is 0.573 e. The first-order valence-electron chi connectivity index (χ1n) is 10.9. The number of hydrogen-bond acceptors (Lipinski definition) is 5. The van der Waals surface area contributed by atoms with Gasteiger partial charge in [-0.2, -0.15) is 5.10 Å². The number of aromatic amines is 1. The van der Waals surface area contributed by atoms with Crippen LogP contribution in [-0.4, -0.2) is 35.3 Å². The van der Waals surface area contributed by atoms with Crippen LogP contribution in [0.25, 0.3) is 22.0 Å². The molecule has 1 atom stereocenters. The normalized spacial score (nSPS) is 13.0. The zero-order valence-electron chi connectivity index (χ0n) is 19.2. The highest BCUT2D eigenvalue weighted by molar-refractivity contribution is 6.04. The summed E-state index contributed by atoms with van der Waals surface area (Å²) in [6, 6.07) is 13.8. The minimum Gasteiger partial charge on any atom is -0.405 e. The number of amides is 1. The smallest absolute Gasteiger partial charge is 0.405 e. The maximum absolute atomic E-state index is 13.2. The number of pyridine rings is 1. The van der Waals surface area contributed by atoms with E-state index >= 15 is 0 Å². The molecule has 36 heavy (non-hydrogen) atoms. The van der Waals surface area contributed by atoms with E-state index < -0.39 is 18.3 Å². The van der Waals surface area contributed by atoms with Crippen molar-refractivity contribution in [3.8, 4) is 16.9 Å². The fraction of sp³-hybridized carbons (Fsp3) is 0.160. The number of nitrogens with one attached hydrogen (secondary N) is 2. The third kappa shape index (κ3) is 5.31. The fourth-order valence-corrected chi connectivity index (χ4v) is 3.93. The lowest BCUT2D eigenvalue weighted by Crippen LogP contribution is -2.28. The summed E-state index contributed by atoms with van der Waals surface area (Å²) in [5, 5.41) is 7.51. The van der Waals surface area contributed by atoms with Crippen molar-refractivity contribution in [1.29, 1.82) is 0 Å². The SMILES string of the molecule is C=Nn1ccc(-c2cc(C(=O)NC(C)c3ccccc3OC(F)(F)F)cc3[nH]ccc23)c/c1=N/CN. The van der Waals surface area contributed by atoms with Gasteiger partial charge in [-0.3, -0.25) is 9.79 Å². The number of nitrogens with zero attached hydrogens (tertiary/aromatic N) is 3. The maximum atomic E-state index is 13.2. The van der Waals surface area contributed by atoms with Crippen LogP contribution in [0.15, 0.2) is 77.1 Å². The van der Waals surface area contributed by atoms with Gasteiger partial charge in [-0.15, -0.1) is 13.2 Å². The van der Waals surface area contributed by atoms with E-state index in [0.717, 1.165) is 16.5 Å². The summed E-state index contributed by atoms with van der Waals surface area (Å²) in [4.78, 5) is 20.5. The van der Waals surface area contributed by atoms with Crippen LogP contribution in [0.5, 0.6) is 5.75 Å². The average molecular weight is 496 g/mol. The number of ether oxygens (including phenoxy) is 1. The summed E-state index contributed by atoms with van der Waals surface area (Å²) in [6.07, 6.45) is -1.41. The van der Waals surface area contributed by atoms with Crippen molar-refractivity contribution in [2.45, 2.75) is 19.3 Å². The Kier molecular flexibility index (Phi) is 6.93. The number of halogens is 3. The van der Waals surface area contributed by atoms with Crippen LogP contribution in [-0.2, 0) is 0 Å². The monoisotopic (exact) mass is 496 g/mol.